The van der Waals surface area contributed by atoms with Crippen molar-refractivity contribution in [2.24, 2.45) is 0 Å². The number of carbonyl (C=O) groups excluding carboxylic acids is 1. The molecule has 88 valence electrons. The summed E-state index contributed by atoms with van der Waals surface area (Å²) in [4.78, 5) is 11.4. The molecule has 2 rings (SSSR count). The molecule has 0 fully saturated rings. The molecule has 0 radical (unpaired) electrons. The van der Waals surface area contributed by atoms with Crippen LogP contribution in [-0.4, -0.2) is 19.6 Å². The van der Waals surface area contributed by atoms with E-state index in [0.29, 0.717) is 11.6 Å². The highest BCUT2D eigenvalue weighted by Gasteiger charge is 2.17. The van der Waals surface area contributed by atoms with Crippen molar-refractivity contribution in [2.75, 3.05) is 13.7 Å². The number of halogens is 1. The maximum atomic E-state index is 11.4. The Morgan fingerprint density at radius 3 is 2.94 bits per heavy atom. The maximum absolute atomic E-state index is 11.4. The van der Waals surface area contributed by atoms with Gasteiger partial charge < -0.3 is 10.1 Å². The van der Waals surface area contributed by atoms with Crippen LogP contribution in [0.4, 0.5) is 0 Å². The Morgan fingerprint density at radius 2 is 2.25 bits per heavy atom. The van der Waals surface area contributed by atoms with Crippen LogP contribution in [0.1, 0.15) is 34.5 Å². The van der Waals surface area contributed by atoms with E-state index in [-0.39, 0.29) is 18.4 Å². The van der Waals surface area contributed by atoms with Crippen molar-refractivity contribution in [3.63, 3.8) is 0 Å². The van der Waals surface area contributed by atoms with Gasteiger partial charge in [0.1, 0.15) is 0 Å². The van der Waals surface area contributed by atoms with Crippen LogP contribution in [0, 0.1) is 0 Å². The molecule has 0 bridgehead atoms. The second-order valence-corrected chi connectivity index (χ2v) is 3.83. The van der Waals surface area contributed by atoms with E-state index in [0.717, 1.165) is 13.0 Å². The summed E-state index contributed by atoms with van der Waals surface area (Å²) in [5.41, 5.74) is 3.17. The Balaban J connectivity index is 0.00000128. The van der Waals surface area contributed by atoms with Crippen molar-refractivity contribution in [1.29, 1.82) is 0 Å². The molecule has 1 heterocycles. The van der Waals surface area contributed by atoms with Gasteiger partial charge in [-0.3, -0.25) is 0 Å². The Kier molecular flexibility index (Phi) is 4.33. The summed E-state index contributed by atoms with van der Waals surface area (Å²) in [6, 6.07) is 6.11. The van der Waals surface area contributed by atoms with Gasteiger partial charge in [0.15, 0.2) is 0 Å². The van der Waals surface area contributed by atoms with Gasteiger partial charge in [-0.05, 0) is 43.1 Å². The van der Waals surface area contributed by atoms with Crippen molar-refractivity contribution >= 4 is 18.4 Å². The van der Waals surface area contributed by atoms with Crippen LogP contribution in [-0.2, 0) is 11.2 Å². The highest BCUT2D eigenvalue weighted by atomic mass is 35.5. The molecule has 0 spiro atoms. The molecule has 3 nitrogen and oxygen atoms in total. The summed E-state index contributed by atoms with van der Waals surface area (Å²) in [7, 11) is 1.41. The minimum atomic E-state index is -0.268. The molecular formula is C12H16ClNO2. The normalized spacial score (nSPS) is 18.2. The quantitative estimate of drug-likeness (QED) is 0.766. The predicted octanol–water partition coefficient (Wildman–Crippen LogP) is 2.10. The number of hydrogen-bond donors (Lipinski definition) is 1. The first-order valence-corrected chi connectivity index (χ1v) is 5.17. The fourth-order valence-electron chi connectivity index (χ4n) is 2.00. The zero-order valence-corrected chi connectivity index (χ0v) is 10.3. The smallest absolute Gasteiger partial charge is 0.337 e. The third kappa shape index (κ3) is 2.36. The molecule has 1 aliphatic rings. The van der Waals surface area contributed by atoms with Crippen LogP contribution in [0.3, 0.4) is 0 Å². The van der Waals surface area contributed by atoms with Crippen molar-refractivity contribution in [3.05, 3.63) is 34.9 Å². The zero-order valence-electron chi connectivity index (χ0n) is 9.45. The molecule has 0 amide bonds. The van der Waals surface area contributed by atoms with Crippen molar-refractivity contribution in [3.8, 4) is 0 Å². The van der Waals surface area contributed by atoms with Crippen LogP contribution >= 0.6 is 12.4 Å². The zero-order chi connectivity index (χ0) is 10.8. The van der Waals surface area contributed by atoms with Crippen LogP contribution in [0.25, 0.3) is 0 Å². The van der Waals surface area contributed by atoms with Gasteiger partial charge in [-0.2, -0.15) is 0 Å². The Morgan fingerprint density at radius 1 is 1.50 bits per heavy atom. The van der Waals surface area contributed by atoms with Crippen LogP contribution < -0.4 is 5.32 Å². The SMILES string of the molecule is COC(=O)c1ccc2c(c1)C(C)NCC2.Cl. The van der Waals surface area contributed by atoms with Gasteiger partial charge in [-0.15, -0.1) is 12.4 Å². The second kappa shape index (κ2) is 5.32. The number of esters is 1. The first-order valence-electron chi connectivity index (χ1n) is 5.17. The number of fused-ring (bicyclic) bond motifs is 1. The van der Waals surface area contributed by atoms with Gasteiger partial charge in [0.25, 0.3) is 0 Å². The van der Waals surface area contributed by atoms with E-state index in [4.69, 9.17) is 4.74 Å². The molecule has 1 aromatic rings. The third-order valence-electron chi connectivity index (χ3n) is 2.88. The monoisotopic (exact) mass is 241 g/mol. The molecule has 0 aliphatic carbocycles. The molecule has 1 aliphatic heterocycles. The van der Waals surface area contributed by atoms with E-state index >= 15 is 0 Å². The molecule has 16 heavy (non-hydrogen) atoms. The standard InChI is InChI=1S/C12H15NO2.ClH/c1-8-11-7-10(12(14)15-2)4-3-9(11)5-6-13-8;/h3-4,7-8,13H,5-6H2,1-2H3;1H. The molecule has 0 saturated heterocycles. The van der Waals surface area contributed by atoms with Gasteiger partial charge in [-0.1, -0.05) is 6.07 Å². The first kappa shape index (κ1) is 13.0. The Bertz CT molecular complexity index is 393. The minimum Gasteiger partial charge on any atom is -0.465 e. The van der Waals surface area contributed by atoms with E-state index in [9.17, 15) is 4.79 Å². The van der Waals surface area contributed by atoms with E-state index in [1.807, 2.05) is 18.2 Å². The van der Waals surface area contributed by atoms with Crippen molar-refractivity contribution in [1.82, 2.24) is 5.32 Å². The lowest BCUT2D eigenvalue weighted by molar-refractivity contribution is 0.0600. The maximum Gasteiger partial charge on any atom is 0.337 e. The number of methoxy groups -OCH3 is 1. The number of carbonyl (C=O) groups is 1. The van der Waals surface area contributed by atoms with Crippen molar-refractivity contribution in [2.45, 2.75) is 19.4 Å². The molecule has 4 heteroatoms. The van der Waals surface area contributed by atoms with Crippen LogP contribution in [0.5, 0.6) is 0 Å². The van der Waals surface area contributed by atoms with E-state index in [1.54, 1.807) is 0 Å². The molecule has 0 aromatic heterocycles. The Hall–Kier alpha value is -1.06. The third-order valence-corrected chi connectivity index (χ3v) is 2.88. The van der Waals surface area contributed by atoms with Gasteiger partial charge in [0.2, 0.25) is 0 Å². The van der Waals surface area contributed by atoms with E-state index in [2.05, 4.69) is 12.2 Å². The predicted molar refractivity (Wildman–Crippen MR) is 65.2 cm³/mol. The number of ether oxygens (including phenoxy) is 1. The first-order chi connectivity index (χ1) is 7.22. The average molecular weight is 242 g/mol. The number of nitrogens with one attached hydrogen (secondary N) is 1. The summed E-state index contributed by atoms with van der Waals surface area (Å²) in [6.07, 6.45) is 1.03. The minimum absolute atomic E-state index is 0. The molecule has 1 atom stereocenters. The molecule has 1 aromatic carbocycles. The second-order valence-electron chi connectivity index (χ2n) is 3.83. The summed E-state index contributed by atoms with van der Waals surface area (Å²) in [5, 5.41) is 3.37. The van der Waals surface area contributed by atoms with Crippen LogP contribution in [0.2, 0.25) is 0 Å². The highest BCUT2D eigenvalue weighted by molar-refractivity contribution is 5.89. The number of rotatable bonds is 1. The summed E-state index contributed by atoms with van der Waals surface area (Å²) in [5.74, 6) is -0.268. The lowest BCUT2D eigenvalue weighted by Crippen LogP contribution is -2.28. The summed E-state index contributed by atoms with van der Waals surface area (Å²) >= 11 is 0. The average Bonchev–Trinajstić information content (AvgIpc) is 2.28. The fourth-order valence-corrected chi connectivity index (χ4v) is 2.00. The molecule has 0 saturated carbocycles. The molecular weight excluding hydrogens is 226 g/mol. The Labute approximate surface area is 102 Å². The van der Waals surface area contributed by atoms with E-state index in [1.165, 1.54) is 18.2 Å². The molecule has 1 N–H and O–H groups in total. The lowest BCUT2D eigenvalue weighted by atomic mass is 9.93. The topological polar surface area (TPSA) is 38.3 Å². The largest absolute Gasteiger partial charge is 0.465 e. The van der Waals surface area contributed by atoms with E-state index < -0.39 is 0 Å². The van der Waals surface area contributed by atoms with Gasteiger partial charge in [-0.25, -0.2) is 4.79 Å². The number of benzene rings is 1. The van der Waals surface area contributed by atoms with Crippen molar-refractivity contribution < 1.29 is 9.53 Å². The van der Waals surface area contributed by atoms with Crippen LogP contribution in [0.15, 0.2) is 18.2 Å². The number of hydrogen-bond acceptors (Lipinski definition) is 3. The fraction of sp³-hybridized carbons (Fsp3) is 0.417. The molecule has 1 unspecified atom stereocenters. The lowest BCUT2D eigenvalue weighted by Gasteiger charge is -2.24. The summed E-state index contributed by atoms with van der Waals surface area (Å²) < 4.78 is 4.70. The highest BCUT2D eigenvalue weighted by Crippen LogP contribution is 2.23. The van der Waals surface area contributed by atoms with Gasteiger partial charge in [0.05, 0.1) is 12.7 Å². The van der Waals surface area contributed by atoms with Gasteiger partial charge >= 0.3 is 5.97 Å². The summed E-state index contributed by atoms with van der Waals surface area (Å²) in [6.45, 7) is 3.12. The van der Waals surface area contributed by atoms with Gasteiger partial charge in [0, 0.05) is 6.04 Å².